The van der Waals surface area contributed by atoms with Crippen molar-refractivity contribution in [3.05, 3.63) is 0 Å². The molecule has 0 aromatic rings. The molecule has 7 heavy (non-hydrogen) atoms. The molecule has 0 aliphatic heterocycles. The molecule has 0 spiro atoms. The standard InChI is InChI=1S/CH4O3Si.Al.Na.4H/c2-1(3)4-5;;;;;;/h5H3,(H,2,3);;;;;;. The fourth-order valence-electron chi connectivity index (χ4n) is 0. The molecular formula is CH8AlNaO3Si. The van der Waals surface area contributed by atoms with Crippen LogP contribution in [0.5, 0.6) is 0 Å². The van der Waals surface area contributed by atoms with Crippen LogP contribution < -0.4 is 0 Å². The van der Waals surface area contributed by atoms with Crippen LogP contribution in [0.15, 0.2) is 0 Å². The van der Waals surface area contributed by atoms with Gasteiger partial charge in [-0.25, -0.2) is 4.79 Å². The van der Waals surface area contributed by atoms with E-state index in [1.807, 2.05) is 0 Å². The summed E-state index contributed by atoms with van der Waals surface area (Å²) in [6.07, 6.45) is -1.18. The maximum atomic E-state index is 9.18. The summed E-state index contributed by atoms with van der Waals surface area (Å²) < 4.78 is 3.81. The van der Waals surface area contributed by atoms with Crippen LogP contribution in [0.1, 0.15) is 0 Å². The summed E-state index contributed by atoms with van der Waals surface area (Å²) in [7, 11) is 0.274. The molecule has 0 aliphatic carbocycles. The van der Waals surface area contributed by atoms with Crippen molar-refractivity contribution in [1.82, 2.24) is 0 Å². The second-order valence-corrected chi connectivity index (χ2v) is 0.878. The van der Waals surface area contributed by atoms with Crippen LogP contribution in [0.25, 0.3) is 0 Å². The first-order valence-corrected chi connectivity index (χ1v) is 1.86. The van der Waals surface area contributed by atoms with Crippen molar-refractivity contribution in [1.29, 1.82) is 0 Å². The zero-order chi connectivity index (χ0) is 4.28. The molecule has 0 unspecified atom stereocenters. The Morgan fingerprint density at radius 2 is 1.86 bits per heavy atom. The van der Waals surface area contributed by atoms with Gasteiger partial charge in [-0.15, -0.1) is 0 Å². The third kappa shape index (κ3) is 19.4. The van der Waals surface area contributed by atoms with Crippen molar-refractivity contribution in [2.45, 2.75) is 0 Å². The Morgan fingerprint density at radius 1 is 1.71 bits per heavy atom. The molecule has 0 saturated heterocycles. The predicted molar refractivity (Wildman–Crippen MR) is 36.1 cm³/mol. The van der Waals surface area contributed by atoms with Crippen molar-refractivity contribution in [2.24, 2.45) is 0 Å². The molecule has 0 atom stereocenters. The van der Waals surface area contributed by atoms with Crippen molar-refractivity contribution in [2.75, 3.05) is 0 Å². The van der Waals surface area contributed by atoms with E-state index in [0.29, 0.717) is 0 Å². The van der Waals surface area contributed by atoms with E-state index >= 15 is 0 Å². The molecule has 0 rings (SSSR count). The summed E-state index contributed by atoms with van der Waals surface area (Å²) in [5.74, 6) is 0. The molecule has 0 amide bonds. The first-order chi connectivity index (χ1) is 2.27. The van der Waals surface area contributed by atoms with Crippen LogP contribution in [0, 0.1) is 0 Å². The van der Waals surface area contributed by atoms with Crippen LogP contribution in [0.3, 0.4) is 0 Å². The summed E-state index contributed by atoms with van der Waals surface area (Å²) in [6.45, 7) is 0. The minimum absolute atomic E-state index is 0. The zero-order valence-electron chi connectivity index (χ0n) is 2.76. The van der Waals surface area contributed by atoms with E-state index in [4.69, 9.17) is 5.11 Å². The van der Waals surface area contributed by atoms with Crippen molar-refractivity contribution in [3.8, 4) is 0 Å². The molecule has 0 radical (unpaired) electrons. The SMILES string of the molecule is O=C(O)O[SiH3].[AlH3].[NaH]. The number of hydrogen-bond donors (Lipinski definition) is 1. The van der Waals surface area contributed by atoms with E-state index in [1.165, 1.54) is 0 Å². The van der Waals surface area contributed by atoms with Crippen molar-refractivity contribution >= 4 is 63.6 Å². The van der Waals surface area contributed by atoms with Gasteiger partial charge in [0.15, 0.2) is 17.4 Å². The van der Waals surface area contributed by atoms with Crippen LogP contribution >= 0.6 is 0 Å². The summed E-state index contributed by atoms with van der Waals surface area (Å²) >= 11 is 0. The van der Waals surface area contributed by atoms with Crippen molar-refractivity contribution in [3.63, 3.8) is 0 Å². The Bertz CT molecular complexity index is 50.2. The molecule has 0 saturated carbocycles. The Labute approximate surface area is 77.4 Å². The summed E-state index contributed by atoms with van der Waals surface area (Å²) in [5.41, 5.74) is 0. The van der Waals surface area contributed by atoms with Gasteiger partial charge in [0.1, 0.15) is 0 Å². The van der Waals surface area contributed by atoms with E-state index in [1.54, 1.807) is 0 Å². The van der Waals surface area contributed by atoms with E-state index in [9.17, 15) is 4.79 Å². The van der Waals surface area contributed by atoms with Gasteiger partial charge in [-0.3, -0.25) is 0 Å². The molecule has 0 bridgehead atoms. The van der Waals surface area contributed by atoms with E-state index in [2.05, 4.69) is 4.43 Å². The third-order valence-corrected chi connectivity index (χ3v) is 0.524. The van der Waals surface area contributed by atoms with Gasteiger partial charge in [0.05, 0.1) is 0 Å². The molecule has 6 heteroatoms. The van der Waals surface area contributed by atoms with Gasteiger partial charge in [-0.1, -0.05) is 0 Å². The Hall–Kier alpha value is 1.02. The van der Waals surface area contributed by atoms with Crippen LogP contribution in [-0.4, -0.2) is 68.7 Å². The third-order valence-electron chi connectivity index (χ3n) is 0.175. The van der Waals surface area contributed by atoms with Gasteiger partial charge in [0.2, 0.25) is 10.5 Å². The second kappa shape index (κ2) is 10.1. The van der Waals surface area contributed by atoms with Gasteiger partial charge in [-0.2, -0.15) is 0 Å². The monoisotopic (exact) mass is 146 g/mol. The topological polar surface area (TPSA) is 46.5 Å². The van der Waals surface area contributed by atoms with Crippen LogP contribution in [0.4, 0.5) is 4.79 Å². The fourth-order valence-corrected chi connectivity index (χ4v) is 0. The molecule has 1 N–H and O–H groups in total. The molecule has 0 aliphatic rings. The number of hydrogen-bond acceptors (Lipinski definition) is 2. The maximum absolute atomic E-state index is 9.18. The van der Waals surface area contributed by atoms with E-state index in [-0.39, 0.29) is 57.4 Å². The minimum atomic E-state index is -1.18. The molecular weight excluding hydrogens is 138 g/mol. The van der Waals surface area contributed by atoms with Crippen molar-refractivity contribution < 1.29 is 14.3 Å². The molecule has 0 heterocycles. The molecule has 0 aromatic carbocycles. The summed E-state index contributed by atoms with van der Waals surface area (Å²) in [6, 6.07) is 0. The number of carboxylic acid groups (broad SMARTS) is 1. The molecule has 0 fully saturated rings. The average molecular weight is 146 g/mol. The second-order valence-electron chi connectivity index (χ2n) is 0.470. The Kier molecular flexibility index (Phi) is 22.6. The van der Waals surface area contributed by atoms with Gasteiger partial charge in [0.25, 0.3) is 0 Å². The normalized spacial score (nSPS) is 5.14. The molecule has 0 aromatic heterocycles. The summed E-state index contributed by atoms with van der Waals surface area (Å²) in [5, 5.41) is 7.53. The number of carbonyl (C=O) groups is 1. The van der Waals surface area contributed by atoms with E-state index < -0.39 is 6.16 Å². The predicted octanol–water partition coefficient (Wildman–Crippen LogP) is -2.87. The zero-order valence-corrected chi connectivity index (χ0v) is 4.76. The van der Waals surface area contributed by atoms with Gasteiger partial charge in [0, 0.05) is 0 Å². The first kappa shape index (κ1) is 15.7. The average Bonchev–Trinajstić information content (AvgIpc) is 1.38. The fraction of sp³-hybridized carbons (Fsp3) is 0. The van der Waals surface area contributed by atoms with E-state index in [0.717, 1.165) is 0 Å². The molecule has 38 valence electrons. The quantitative estimate of drug-likeness (QED) is 0.374. The van der Waals surface area contributed by atoms with Gasteiger partial charge >= 0.3 is 35.7 Å². The number of rotatable bonds is 0. The van der Waals surface area contributed by atoms with Crippen LogP contribution in [0.2, 0.25) is 0 Å². The summed E-state index contributed by atoms with van der Waals surface area (Å²) in [4.78, 5) is 9.18. The Morgan fingerprint density at radius 3 is 1.86 bits per heavy atom. The van der Waals surface area contributed by atoms with Gasteiger partial charge < -0.3 is 9.53 Å². The first-order valence-electron chi connectivity index (χ1n) is 1.04. The molecule has 3 nitrogen and oxygen atoms in total. The van der Waals surface area contributed by atoms with Crippen LogP contribution in [-0.2, 0) is 4.43 Å². The van der Waals surface area contributed by atoms with Gasteiger partial charge in [-0.05, 0) is 0 Å². The Balaban J connectivity index is -0.0000000800.